The maximum absolute atomic E-state index is 14.6. The van der Waals surface area contributed by atoms with Gasteiger partial charge < -0.3 is 10.1 Å². The van der Waals surface area contributed by atoms with Gasteiger partial charge in [0.05, 0.1) is 0 Å². The SMILES string of the molecule is CC1(C)[C@@H](Oc2noc(=O)[nH]2)CC[C@]2(C)[C@H]3C(=O)C=C4[C@@H]5C[C@@](C)(NC(=O)NO)CC[C@]5(C)CC[C@@]4(C)[C@]3(C)CC[C@@H]12. The van der Waals surface area contributed by atoms with Crippen LogP contribution in [0.4, 0.5) is 4.79 Å². The molecule has 5 aliphatic carbocycles. The predicted octanol–water partition coefficient (Wildman–Crippen LogP) is 5.53. The quantitative estimate of drug-likeness (QED) is 0.270. The van der Waals surface area contributed by atoms with E-state index in [1.54, 1.807) is 5.48 Å². The standard InChI is InChI=1S/C32H48N4O6/c1-27(2)21-8-11-32(7)23(30(21,5)10-9-22(27)41-25-33-26(39)42-36-25)20(37)16-18-19-17-29(4,34-24(38)35-40)14-12-28(19,3)13-15-31(18,32)6/h16,19,21-23,40H,8-15,17H2,1-7H3,(H,33,36,39)(H2,34,35,38)/t19-,21-,22-,23+,28+,29-,30-,31+,32+/m0/s1. The first-order valence-electron chi connectivity index (χ1n) is 15.7. The zero-order valence-electron chi connectivity index (χ0n) is 26.2. The number of nitrogens with one attached hydrogen (secondary N) is 3. The van der Waals surface area contributed by atoms with Gasteiger partial charge in [-0.1, -0.05) is 47.1 Å². The van der Waals surface area contributed by atoms with E-state index in [4.69, 9.17) is 4.74 Å². The number of nitrogens with zero attached hydrogens (tertiary/aromatic N) is 1. The van der Waals surface area contributed by atoms with Crippen LogP contribution in [0, 0.1) is 44.8 Å². The molecule has 0 radical (unpaired) electrons. The van der Waals surface area contributed by atoms with Crippen LogP contribution in [-0.2, 0) is 4.79 Å². The van der Waals surface area contributed by atoms with Crippen molar-refractivity contribution in [3.05, 3.63) is 22.2 Å². The smallest absolute Gasteiger partial charge is 0.441 e. The fraction of sp³-hybridized carbons (Fsp3) is 0.812. The number of carbonyl (C=O) groups is 2. The molecule has 232 valence electrons. The number of hydrogen-bond acceptors (Lipinski definition) is 7. The van der Waals surface area contributed by atoms with E-state index in [1.807, 2.05) is 6.08 Å². The van der Waals surface area contributed by atoms with Crippen LogP contribution in [0.3, 0.4) is 0 Å². The van der Waals surface area contributed by atoms with Crippen molar-refractivity contribution in [2.24, 2.45) is 44.8 Å². The molecule has 10 heteroatoms. The zero-order valence-corrected chi connectivity index (χ0v) is 26.2. The molecule has 0 spiro atoms. The average Bonchev–Trinajstić information content (AvgIpc) is 3.32. The van der Waals surface area contributed by atoms with Crippen molar-refractivity contribution in [1.82, 2.24) is 20.9 Å². The predicted molar refractivity (Wildman–Crippen MR) is 155 cm³/mol. The van der Waals surface area contributed by atoms with E-state index in [9.17, 15) is 19.6 Å². The topological polar surface area (TPSA) is 147 Å². The molecule has 42 heavy (non-hydrogen) atoms. The number of carbonyl (C=O) groups excluding carboxylic acids is 2. The van der Waals surface area contributed by atoms with Gasteiger partial charge in [0.1, 0.15) is 6.10 Å². The minimum absolute atomic E-state index is 0.0757. The lowest BCUT2D eigenvalue weighted by molar-refractivity contribution is -0.199. The Kier molecular flexibility index (Phi) is 6.45. The summed E-state index contributed by atoms with van der Waals surface area (Å²) in [5, 5.41) is 15.9. The number of ether oxygens (including phenoxy) is 1. The van der Waals surface area contributed by atoms with Crippen molar-refractivity contribution in [1.29, 1.82) is 0 Å². The lowest BCUT2D eigenvalue weighted by Crippen LogP contribution is -2.67. The van der Waals surface area contributed by atoms with Crippen molar-refractivity contribution in [2.45, 2.75) is 118 Å². The number of urea groups is 1. The molecule has 0 bridgehead atoms. The lowest BCUT2D eigenvalue weighted by Gasteiger charge is -2.70. The second kappa shape index (κ2) is 9.19. The van der Waals surface area contributed by atoms with Gasteiger partial charge in [0.2, 0.25) is 0 Å². The third-order valence-electron chi connectivity index (χ3n) is 13.7. The molecule has 1 heterocycles. The highest BCUT2D eigenvalue weighted by Gasteiger charge is 2.70. The number of ketones is 1. The van der Waals surface area contributed by atoms with Crippen molar-refractivity contribution in [3.8, 4) is 6.01 Å². The molecule has 1 aromatic heterocycles. The first-order chi connectivity index (χ1) is 19.5. The summed E-state index contributed by atoms with van der Waals surface area (Å²) in [5.74, 6) is -0.0230. The van der Waals surface area contributed by atoms with E-state index in [1.165, 1.54) is 5.57 Å². The summed E-state index contributed by atoms with van der Waals surface area (Å²) in [5.41, 5.74) is 1.88. The van der Waals surface area contributed by atoms with Gasteiger partial charge in [0, 0.05) is 16.9 Å². The number of H-pyrrole nitrogens is 1. The molecule has 0 unspecified atom stereocenters. The number of fused-ring (bicyclic) bond motifs is 7. The molecule has 5 aliphatic rings. The molecule has 9 atom stereocenters. The summed E-state index contributed by atoms with van der Waals surface area (Å²) in [6.07, 6.45) is 10.2. The first kappa shape index (κ1) is 29.5. The summed E-state index contributed by atoms with van der Waals surface area (Å²) in [6.45, 7) is 16.1. The monoisotopic (exact) mass is 584 g/mol. The summed E-state index contributed by atoms with van der Waals surface area (Å²) in [4.78, 5) is 40.7. The molecular formula is C32H48N4O6. The van der Waals surface area contributed by atoms with E-state index in [2.05, 4.69) is 68.4 Å². The Labute approximate surface area is 247 Å². The molecule has 4 fully saturated rings. The normalized spacial score (nSPS) is 45.8. The van der Waals surface area contributed by atoms with E-state index in [-0.39, 0.29) is 62.7 Å². The third kappa shape index (κ3) is 3.99. The van der Waals surface area contributed by atoms with Crippen molar-refractivity contribution >= 4 is 11.8 Å². The Morgan fingerprint density at radius 1 is 1.02 bits per heavy atom. The molecule has 0 saturated heterocycles. The Morgan fingerprint density at radius 3 is 2.40 bits per heavy atom. The van der Waals surface area contributed by atoms with Gasteiger partial charge in [0.25, 0.3) is 0 Å². The molecule has 10 nitrogen and oxygen atoms in total. The lowest BCUT2D eigenvalue weighted by atomic mass is 9.33. The maximum atomic E-state index is 14.6. The first-order valence-corrected chi connectivity index (χ1v) is 15.7. The van der Waals surface area contributed by atoms with Crippen LogP contribution in [0.2, 0.25) is 0 Å². The molecule has 0 aromatic carbocycles. The molecule has 0 aliphatic heterocycles. The molecular weight excluding hydrogens is 536 g/mol. The Morgan fingerprint density at radius 2 is 1.74 bits per heavy atom. The number of allylic oxidation sites excluding steroid dienone is 2. The summed E-state index contributed by atoms with van der Waals surface area (Å²) < 4.78 is 10.9. The van der Waals surface area contributed by atoms with Crippen molar-refractivity contribution in [3.63, 3.8) is 0 Å². The van der Waals surface area contributed by atoms with Gasteiger partial charge in [-0.15, -0.1) is 0 Å². The fourth-order valence-corrected chi connectivity index (χ4v) is 11.2. The second-order valence-electron chi connectivity index (χ2n) is 16.2. The summed E-state index contributed by atoms with van der Waals surface area (Å²) >= 11 is 0. The minimum Gasteiger partial charge on any atom is -0.459 e. The molecule has 4 saturated carbocycles. The Hall–Kier alpha value is -2.62. The number of aromatic nitrogens is 2. The molecule has 6 rings (SSSR count). The highest BCUT2D eigenvalue weighted by Crippen LogP contribution is 2.74. The number of amides is 2. The average molecular weight is 585 g/mol. The second-order valence-corrected chi connectivity index (χ2v) is 16.2. The van der Waals surface area contributed by atoms with Gasteiger partial charge in [-0.3, -0.25) is 14.5 Å². The Balaban J connectivity index is 1.35. The fourth-order valence-electron chi connectivity index (χ4n) is 11.2. The van der Waals surface area contributed by atoms with E-state index in [0.29, 0.717) is 0 Å². The largest absolute Gasteiger partial charge is 0.459 e. The van der Waals surface area contributed by atoms with Crippen LogP contribution in [-0.4, -0.2) is 38.8 Å². The van der Waals surface area contributed by atoms with Crippen LogP contribution in [0.25, 0.3) is 0 Å². The van der Waals surface area contributed by atoms with Crippen LogP contribution >= 0.6 is 0 Å². The number of hydrogen-bond donors (Lipinski definition) is 4. The molecule has 2 amide bonds. The van der Waals surface area contributed by atoms with Gasteiger partial charge in [-0.05, 0) is 109 Å². The van der Waals surface area contributed by atoms with Crippen molar-refractivity contribution in [2.75, 3.05) is 0 Å². The number of rotatable bonds is 3. The highest BCUT2D eigenvalue weighted by atomic mass is 16.6. The van der Waals surface area contributed by atoms with Crippen LogP contribution in [0.5, 0.6) is 6.01 Å². The third-order valence-corrected chi connectivity index (χ3v) is 13.7. The summed E-state index contributed by atoms with van der Waals surface area (Å²) in [6, 6.07) is -0.462. The number of hydroxylamine groups is 1. The number of aromatic amines is 1. The van der Waals surface area contributed by atoms with Gasteiger partial charge in [-0.2, -0.15) is 0 Å². The van der Waals surface area contributed by atoms with Crippen LogP contribution in [0.15, 0.2) is 21.0 Å². The van der Waals surface area contributed by atoms with E-state index in [0.717, 1.165) is 57.8 Å². The molecule has 4 N–H and O–H groups in total. The van der Waals surface area contributed by atoms with Crippen LogP contribution in [0.1, 0.15) is 106 Å². The van der Waals surface area contributed by atoms with Crippen LogP contribution < -0.4 is 21.3 Å². The van der Waals surface area contributed by atoms with E-state index >= 15 is 0 Å². The van der Waals surface area contributed by atoms with E-state index < -0.39 is 17.3 Å². The van der Waals surface area contributed by atoms with Gasteiger partial charge in [0.15, 0.2) is 5.78 Å². The maximum Gasteiger partial charge on any atom is 0.441 e. The highest BCUT2D eigenvalue weighted by molar-refractivity contribution is 5.95. The summed E-state index contributed by atoms with van der Waals surface area (Å²) in [7, 11) is 0. The Bertz CT molecular complexity index is 1380. The zero-order chi connectivity index (χ0) is 30.5. The van der Waals surface area contributed by atoms with Gasteiger partial charge in [-0.25, -0.2) is 20.1 Å². The minimum atomic E-state index is -0.630. The molecule has 1 aromatic rings. The van der Waals surface area contributed by atoms with Gasteiger partial charge >= 0.3 is 17.8 Å². The van der Waals surface area contributed by atoms with Crippen molar-refractivity contribution < 1.29 is 24.1 Å².